The molecule has 1 fully saturated rings. The van der Waals surface area contributed by atoms with Gasteiger partial charge in [-0.05, 0) is 12.8 Å². The fourth-order valence-electron chi connectivity index (χ4n) is 2.04. The van der Waals surface area contributed by atoms with Crippen LogP contribution in [-0.2, 0) is 9.59 Å². The fourth-order valence-corrected chi connectivity index (χ4v) is 2.82. The molecule has 5 heteroatoms. The predicted molar refractivity (Wildman–Crippen MR) is 69.2 cm³/mol. The molecule has 0 spiro atoms. The number of carboxylic acid groups (broad SMARTS) is 1. The molecule has 1 atom stereocenters. The normalized spacial score (nSPS) is 18.6. The van der Waals surface area contributed by atoms with Crippen molar-refractivity contribution in [2.75, 3.05) is 5.75 Å². The molecule has 0 saturated heterocycles. The number of carbonyl (C=O) groups is 2. The van der Waals surface area contributed by atoms with Crippen LogP contribution < -0.4 is 5.32 Å². The Hall–Kier alpha value is -0.710. The van der Waals surface area contributed by atoms with E-state index in [1.54, 1.807) is 0 Å². The van der Waals surface area contributed by atoms with Gasteiger partial charge in [0.25, 0.3) is 0 Å². The van der Waals surface area contributed by atoms with Gasteiger partial charge in [0, 0.05) is 11.3 Å². The molecule has 1 aliphatic carbocycles. The molecule has 0 radical (unpaired) electrons. The van der Waals surface area contributed by atoms with Gasteiger partial charge in [0.05, 0.1) is 12.2 Å². The minimum atomic E-state index is -0.808. The van der Waals surface area contributed by atoms with Crippen molar-refractivity contribution < 1.29 is 14.7 Å². The molecule has 0 aliphatic heterocycles. The molecule has 0 aromatic rings. The smallest absolute Gasteiger partial charge is 0.304 e. The number of nitrogens with one attached hydrogen (secondary N) is 1. The van der Waals surface area contributed by atoms with Crippen LogP contribution in [0.1, 0.15) is 45.4 Å². The second-order valence-corrected chi connectivity index (χ2v) is 6.05. The highest BCUT2D eigenvalue weighted by molar-refractivity contribution is 8.00. The predicted octanol–water partition coefficient (Wildman–Crippen LogP) is 2.03. The quantitative estimate of drug-likeness (QED) is 0.766. The van der Waals surface area contributed by atoms with E-state index in [0.717, 1.165) is 12.8 Å². The molecule has 0 aromatic heterocycles. The van der Waals surface area contributed by atoms with Gasteiger partial charge in [0.1, 0.15) is 0 Å². The number of rotatable bonds is 6. The van der Waals surface area contributed by atoms with Crippen molar-refractivity contribution >= 4 is 23.6 Å². The first-order valence-electron chi connectivity index (χ1n) is 6.20. The third-order valence-corrected chi connectivity index (χ3v) is 4.10. The molecule has 1 amide bonds. The van der Waals surface area contributed by atoms with Gasteiger partial charge in [-0.3, -0.25) is 9.59 Å². The van der Waals surface area contributed by atoms with Crippen LogP contribution in [0, 0.1) is 0 Å². The minimum absolute atomic E-state index is 0.00962. The first-order chi connectivity index (χ1) is 8.08. The highest BCUT2D eigenvalue weighted by Gasteiger charge is 2.16. The Bertz CT molecular complexity index is 264. The van der Waals surface area contributed by atoms with E-state index in [1.807, 2.05) is 6.92 Å². The van der Waals surface area contributed by atoms with Gasteiger partial charge >= 0.3 is 5.97 Å². The molecular formula is C12H21NO3S. The highest BCUT2D eigenvalue weighted by Crippen LogP contribution is 2.18. The SMILES string of the molecule is CC(CC(=O)O)SCC(=O)NC1CCCCC1. The molecule has 1 aliphatic rings. The van der Waals surface area contributed by atoms with Crippen molar-refractivity contribution in [3.05, 3.63) is 0 Å². The first-order valence-corrected chi connectivity index (χ1v) is 7.25. The third-order valence-electron chi connectivity index (χ3n) is 2.93. The number of carbonyl (C=O) groups excluding carboxylic acids is 1. The Labute approximate surface area is 107 Å². The molecule has 0 aromatic carbocycles. The first kappa shape index (κ1) is 14.4. The van der Waals surface area contributed by atoms with Gasteiger partial charge in [0.15, 0.2) is 0 Å². The third kappa shape index (κ3) is 6.56. The van der Waals surface area contributed by atoms with Crippen molar-refractivity contribution in [2.45, 2.75) is 56.7 Å². The van der Waals surface area contributed by atoms with Crippen molar-refractivity contribution in [1.29, 1.82) is 0 Å². The lowest BCUT2D eigenvalue weighted by molar-refractivity contribution is -0.136. The number of thioether (sulfide) groups is 1. The van der Waals surface area contributed by atoms with E-state index in [2.05, 4.69) is 5.32 Å². The molecule has 1 unspecified atom stereocenters. The Morgan fingerprint density at radius 2 is 2.00 bits per heavy atom. The van der Waals surface area contributed by atoms with Gasteiger partial charge in [-0.1, -0.05) is 26.2 Å². The maximum Gasteiger partial charge on any atom is 0.304 e. The average Bonchev–Trinajstić information content (AvgIpc) is 2.27. The maximum absolute atomic E-state index is 11.6. The van der Waals surface area contributed by atoms with Crippen LogP contribution in [0.25, 0.3) is 0 Å². The van der Waals surface area contributed by atoms with E-state index < -0.39 is 5.97 Å². The van der Waals surface area contributed by atoms with Crippen LogP contribution in [0.4, 0.5) is 0 Å². The van der Waals surface area contributed by atoms with Crippen molar-refractivity contribution in [3.63, 3.8) is 0 Å². The van der Waals surface area contributed by atoms with E-state index >= 15 is 0 Å². The molecule has 1 saturated carbocycles. The topological polar surface area (TPSA) is 66.4 Å². The van der Waals surface area contributed by atoms with E-state index in [9.17, 15) is 9.59 Å². The highest BCUT2D eigenvalue weighted by atomic mass is 32.2. The van der Waals surface area contributed by atoms with Gasteiger partial charge < -0.3 is 10.4 Å². The molecule has 1 rings (SSSR count). The standard InChI is InChI=1S/C12H21NO3S/c1-9(7-12(15)16)17-8-11(14)13-10-5-3-2-4-6-10/h9-10H,2-8H2,1H3,(H,13,14)(H,15,16). The lowest BCUT2D eigenvalue weighted by Crippen LogP contribution is -2.37. The second-order valence-electron chi connectivity index (χ2n) is 4.62. The van der Waals surface area contributed by atoms with Crippen LogP contribution in [-0.4, -0.2) is 34.0 Å². The zero-order valence-corrected chi connectivity index (χ0v) is 11.1. The van der Waals surface area contributed by atoms with Gasteiger partial charge in [-0.15, -0.1) is 11.8 Å². The molecule has 2 N–H and O–H groups in total. The lowest BCUT2D eigenvalue weighted by atomic mass is 9.95. The number of aliphatic carboxylic acids is 1. The number of hydrogen-bond acceptors (Lipinski definition) is 3. The Balaban J connectivity index is 2.13. The summed E-state index contributed by atoms with van der Waals surface area (Å²) in [5.41, 5.74) is 0. The van der Waals surface area contributed by atoms with Crippen LogP contribution in [0.2, 0.25) is 0 Å². The van der Waals surface area contributed by atoms with E-state index in [1.165, 1.54) is 31.0 Å². The monoisotopic (exact) mass is 259 g/mol. The Kier molecular flexibility index (Phi) is 6.40. The average molecular weight is 259 g/mol. The van der Waals surface area contributed by atoms with Crippen molar-refractivity contribution in [2.24, 2.45) is 0 Å². The zero-order chi connectivity index (χ0) is 12.7. The molecule has 17 heavy (non-hydrogen) atoms. The summed E-state index contributed by atoms with van der Waals surface area (Å²) in [6.45, 7) is 1.84. The lowest BCUT2D eigenvalue weighted by Gasteiger charge is -2.22. The number of hydrogen-bond donors (Lipinski definition) is 2. The van der Waals surface area contributed by atoms with E-state index in [4.69, 9.17) is 5.11 Å². The fraction of sp³-hybridized carbons (Fsp3) is 0.833. The minimum Gasteiger partial charge on any atom is -0.481 e. The van der Waals surface area contributed by atoms with Crippen LogP contribution in [0.3, 0.4) is 0 Å². The van der Waals surface area contributed by atoms with Gasteiger partial charge in [0.2, 0.25) is 5.91 Å². The number of amides is 1. The summed E-state index contributed by atoms with van der Waals surface area (Å²) in [6, 6.07) is 0.339. The van der Waals surface area contributed by atoms with Crippen LogP contribution in [0.15, 0.2) is 0 Å². The molecule has 4 nitrogen and oxygen atoms in total. The molecule has 98 valence electrons. The largest absolute Gasteiger partial charge is 0.481 e. The molecule has 0 bridgehead atoms. The molecular weight excluding hydrogens is 238 g/mol. The van der Waals surface area contributed by atoms with E-state index in [0.29, 0.717) is 11.8 Å². The summed E-state index contributed by atoms with van der Waals surface area (Å²) < 4.78 is 0. The number of carboxylic acids is 1. The summed E-state index contributed by atoms with van der Waals surface area (Å²) in [7, 11) is 0. The Morgan fingerprint density at radius 1 is 1.35 bits per heavy atom. The summed E-state index contributed by atoms with van der Waals surface area (Å²) in [4.78, 5) is 22.1. The summed E-state index contributed by atoms with van der Waals surface area (Å²) in [6.07, 6.45) is 5.96. The van der Waals surface area contributed by atoms with Crippen molar-refractivity contribution in [3.8, 4) is 0 Å². The van der Waals surface area contributed by atoms with Gasteiger partial charge in [-0.25, -0.2) is 0 Å². The van der Waals surface area contributed by atoms with Crippen molar-refractivity contribution in [1.82, 2.24) is 5.32 Å². The Morgan fingerprint density at radius 3 is 2.59 bits per heavy atom. The van der Waals surface area contributed by atoms with Gasteiger partial charge in [-0.2, -0.15) is 0 Å². The summed E-state index contributed by atoms with van der Waals surface area (Å²) in [5, 5.41) is 11.6. The molecule has 0 heterocycles. The summed E-state index contributed by atoms with van der Waals surface area (Å²) >= 11 is 1.41. The summed E-state index contributed by atoms with van der Waals surface area (Å²) in [5.74, 6) is -0.401. The van der Waals surface area contributed by atoms with E-state index in [-0.39, 0.29) is 17.6 Å². The zero-order valence-electron chi connectivity index (χ0n) is 10.3. The van der Waals surface area contributed by atoms with Crippen LogP contribution >= 0.6 is 11.8 Å². The maximum atomic E-state index is 11.6. The van der Waals surface area contributed by atoms with Crippen LogP contribution in [0.5, 0.6) is 0 Å². The second kappa shape index (κ2) is 7.58.